The summed E-state index contributed by atoms with van der Waals surface area (Å²) in [5, 5.41) is 8.46. The van der Waals surface area contributed by atoms with E-state index in [0.29, 0.717) is 6.42 Å². The van der Waals surface area contributed by atoms with Crippen LogP contribution in [0, 0.1) is 11.3 Å². The van der Waals surface area contributed by atoms with Gasteiger partial charge in [0.05, 0.1) is 0 Å². The lowest BCUT2D eigenvalue weighted by Crippen LogP contribution is -2.46. The smallest absolute Gasteiger partial charge is 0.303 e. The molecule has 0 aromatic rings. The highest BCUT2D eigenvalue weighted by Crippen LogP contribution is 2.44. The standard InChI is InChI=1S/C8H12O3/c1-8(2)5(3-6(8)9)4-7(10)11/h5H,3-4H2,1-2H3,(H,10,11)/t5-/m1/s1. The number of carbonyl (C=O) groups excluding carboxylic acids is 1. The van der Waals surface area contributed by atoms with Crippen molar-refractivity contribution in [3.8, 4) is 0 Å². The van der Waals surface area contributed by atoms with Crippen molar-refractivity contribution in [1.29, 1.82) is 0 Å². The second-order valence-electron chi connectivity index (χ2n) is 3.64. The van der Waals surface area contributed by atoms with Crippen molar-refractivity contribution in [2.45, 2.75) is 26.7 Å². The van der Waals surface area contributed by atoms with Gasteiger partial charge >= 0.3 is 5.97 Å². The van der Waals surface area contributed by atoms with E-state index in [1.807, 2.05) is 13.8 Å². The Labute approximate surface area is 65.4 Å². The number of rotatable bonds is 2. The zero-order valence-electron chi connectivity index (χ0n) is 6.76. The normalized spacial score (nSPS) is 27.8. The van der Waals surface area contributed by atoms with Gasteiger partial charge in [-0.2, -0.15) is 0 Å². The number of carboxylic acids is 1. The number of carbonyl (C=O) groups is 2. The predicted octanol–water partition coefficient (Wildman–Crippen LogP) is 1.08. The third-order valence-corrected chi connectivity index (χ3v) is 2.59. The Morgan fingerprint density at radius 2 is 2.27 bits per heavy atom. The molecular weight excluding hydrogens is 144 g/mol. The van der Waals surface area contributed by atoms with Crippen LogP contribution in [-0.4, -0.2) is 16.9 Å². The quantitative estimate of drug-likeness (QED) is 0.650. The molecule has 0 spiro atoms. The van der Waals surface area contributed by atoms with E-state index >= 15 is 0 Å². The molecule has 1 fully saturated rings. The average Bonchev–Trinajstić information content (AvgIpc) is 1.87. The third kappa shape index (κ3) is 1.27. The second kappa shape index (κ2) is 2.32. The first-order valence-corrected chi connectivity index (χ1v) is 3.69. The lowest BCUT2D eigenvalue weighted by atomic mass is 9.60. The summed E-state index contributed by atoms with van der Waals surface area (Å²) >= 11 is 0. The maximum absolute atomic E-state index is 11.0. The van der Waals surface area contributed by atoms with E-state index in [9.17, 15) is 9.59 Å². The molecule has 1 aliphatic carbocycles. The first-order valence-electron chi connectivity index (χ1n) is 3.69. The van der Waals surface area contributed by atoms with Crippen LogP contribution in [0.2, 0.25) is 0 Å². The van der Waals surface area contributed by atoms with Crippen LogP contribution in [0.3, 0.4) is 0 Å². The van der Waals surface area contributed by atoms with E-state index in [-0.39, 0.29) is 18.1 Å². The molecule has 0 aromatic heterocycles. The topological polar surface area (TPSA) is 54.4 Å². The predicted molar refractivity (Wildman–Crippen MR) is 39.1 cm³/mol. The van der Waals surface area contributed by atoms with Gasteiger partial charge in [0, 0.05) is 18.3 Å². The van der Waals surface area contributed by atoms with Crippen molar-refractivity contribution < 1.29 is 14.7 Å². The molecule has 0 heterocycles. The van der Waals surface area contributed by atoms with Crippen LogP contribution >= 0.6 is 0 Å². The first-order chi connectivity index (χ1) is 4.94. The average molecular weight is 156 g/mol. The van der Waals surface area contributed by atoms with E-state index in [0.717, 1.165) is 0 Å². The van der Waals surface area contributed by atoms with Gasteiger partial charge in [-0.3, -0.25) is 9.59 Å². The van der Waals surface area contributed by atoms with E-state index in [1.165, 1.54) is 0 Å². The monoisotopic (exact) mass is 156 g/mol. The van der Waals surface area contributed by atoms with Crippen molar-refractivity contribution in [3.63, 3.8) is 0 Å². The fourth-order valence-electron chi connectivity index (χ4n) is 1.38. The number of hydrogen-bond donors (Lipinski definition) is 1. The van der Waals surface area contributed by atoms with Crippen molar-refractivity contribution in [2.75, 3.05) is 0 Å². The molecule has 1 atom stereocenters. The van der Waals surface area contributed by atoms with Crippen LogP contribution in [0.5, 0.6) is 0 Å². The maximum atomic E-state index is 11.0. The minimum absolute atomic E-state index is 0.0486. The number of aliphatic carboxylic acids is 1. The molecule has 0 aliphatic heterocycles. The fourth-order valence-corrected chi connectivity index (χ4v) is 1.38. The summed E-state index contributed by atoms with van der Waals surface area (Å²) in [5.41, 5.74) is -0.390. The SMILES string of the molecule is CC1(C)C(=O)C[C@@H]1CC(=O)O. The zero-order chi connectivity index (χ0) is 8.65. The lowest BCUT2D eigenvalue weighted by Gasteiger charge is -2.41. The Hall–Kier alpha value is -0.860. The summed E-state index contributed by atoms with van der Waals surface area (Å²) < 4.78 is 0. The Kier molecular flexibility index (Phi) is 1.74. The molecule has 0 amide bonds. The summed E-state index contributed by atoms with van der Waals surface area (Å²) in [7, 11) is 0. The summed E-state index contributed by atoms with van der Waals surface area (Å²) in [4.78, 5) is 21.2. The second-order valence-corrected chi connectivity index (χ2v) is 3.64. The maximum Gasteiger partial charge on any atom is 0.303 e. The molecule has 0 radical (unpaired) electrons. The van der Waals surface area contributed by atoms with E-state index in [1.54, 1.807) is 0 Å². The number of Topliss-reactive ketones (excluding diaryl/α,β-unsaturated/α-hetero) is 1. The molecule has 0 unspecified atom stereocenters. The van der Waals surface area contributed by atoms with Gasteiger partial charge in [-0.15, -0.1) is 0 Å². The van der Waals surface area contributed by atoms with Gasteiger partial charge in [0.15, 0.2) is 0 Å². The Morgan fingerprint density at radius 3 is 2.55 bits per heavy atom. The van der Waals surface area contributed by atoms with Gasteiger partial charge in [-0.25, -0.2) is 0 Å². The van der Waals surface area contributed by atoms with Crippen LogP contribution in [-0.2, 0) is 9.59 Å². The Balaban J connectivity index is 2.53. The minimum Gasteiger partial charge on any atom is -0.481 e. The van der Waals surface area contributed by atoms with Crippen LogP contribution in [0.1, 0.15) is 26.7 Å². The van der Waals surface area contributed by atoms with Gasteiger partial charge in [-0.05, 0) is 5.92 Å². The highest BCUT2D eigenvalue weighted by atomic mass is 16.4. The Morgan fingerprint density at radius 1 is 1.73 bits per heavy atom. The first kappa shape index (κ1) is 8.24. The molecular formula is C8H12O3. The highest BCUT2D eigenvalue weighted by Gasteiger charge is 2.47. The molecule has 62 valence electrons. The lowest BCUT2D eigenvalue weighted by molar-refractivity contribution is -0.149. The summed E-state index contributed by atoms with van der Waals surface area (Å²) in [6.07, 6.45) is 0.567. The van der Waals surface area contributed by atoms with Crippen LogP contribution in [0.25, 0.3) is 0 Å². The fraction of sp³-hybridized carbons (Fsp3) is 0.750. The molecule has 11 heavy (non-hydrogen) atoms. The summed E-state index contributed by atoms with van der Waals surface area (Å²) in [5.74, 6) is -0.577. The summed E-state index contributed by atoms with van der Waals surface area (Å²) in [6, 6.07) is 0. The van der Waals surface area contributed by atoms with Crippen molar-refractivity contribution in [3.05, 3.63) is 0 Å². The molecule has 0 saturated heterocycles. The molecule has 1 aliphatic rings. The molecule has 3 nitrogen and oxygen atoms in total. The minimum atomic E-state index is -0.810. The molecule has 0 aromatic carbocycles. The highest BCUT2D eigenvalue weighted by molar-refractivity contribution is 5.91. The summed E-state index contributed by atoms with van der Waals surface area (Å²) in [6.45, 7) is 3.62. The van der Waals surface area contributed by atoms with Gasteiger partial charge in [0.2, 0.25) is 0 Å². The van der Waals surface area contributed by atoms with Gasteiger partial charge < -0.3 is 5.11 Å². The van der Waals surface area contributed by atoms with Gasteiger partial charge in [-0.1, -0.05) is 13.8 Å². The van der Waals surface area contributed by atoms with Crippen molar-refractivity contribution >= 4 is 11.8 Å². The van der Waals surface area contributed by atoms with E-state index < -0.39 is 11.4 Å². The Bertz CT molecular complexity index is 205. The molecule has 1 saturated carbocycles. The van der Waals surface area contributed by atoms with E-state index in [2.05, 4.69) is 0 Å². The van der Waals surface area contributed by atoms with Gasteiger partial charge in [0.25, 0.3) is 0 Å². The van der Waals surface area contributed by atoms with Crippen molar-refractivity contribution in [1.82, 2.24) is 0 Å². The molecule has 0 bridgehead atoms. The van der Waals surface area contributed by atoms with Crippen LogP contribution in [0.15, 0.2) is 0 Å². The molecule has 3 heteroatoms. The number of carboxylic acid groups (broad SMARTS) is 1. The number of ketones is 1. The number of hydrogen-bond acceptors (Lipinski definition) is 2. The van der Waals surface area contributed by atoms with E-state index in [4.69, 9.17) is 5.11 Å². The molecule has 1 N–H and O–H groups in total. The largest absolute Gasteiger partial charge is 0.481 e. The molecule has 1 rings (SSSR count). The van der Waals surface area contributed by atoms with Gasteiger partial charge in [0.1, 0.15) is 5.78 Å². The third-order valence-electron chi connectivity index (χ3n) is 2.59. The van der Waals surface area contributed by atoms with Crippen LogP contribution < -0.4 is 0 Å². The van der Waals surface area contributed by atoms with Crippen molar-refractivity contribution in [2.24, 2.45) is 11.3 Å². The van der Waals surface area contributed by atoms with Crippen LogP contribution in [0.4, 0.5) is 0 Å². The zero-order valence-corrected chi connectivity index (χ0v) is 6.76.